The summed E-state index contributed by atoms with van der Waals surface area (Å²) in [5.74, 6) is 0.0699. The number of hydrogen-bond donors (Lipinski definition) is 1. The Kier molecular flexibility index (Phi) is 6.25. The molecule has 1 saturated heterocycles. The smallest absolute Gasteiger partial charge is 0.246 e. The second kappa shape index (κ2) is 9.08. The van der Waals surface area contributed by atoms with Gasteiger partial charge in [0, 0.05) is 18.8 Å². The van der Waals surface area contributed by atoms with E-state index >= 15 is 0 Å². The molecular formula is C24H26N2O4S. The van der Waals surface area contributed by atoms with Crippen molar-refractivity contribution in [1.82, 2.24) is 4.31 Å². The molecule has 0 aromatic heterocycles. The Morgan fingerprint density at radius 3 is 2.52 bits per heavy atom. The first-order chi connectivity index (χ1) is 15.0. The fraction of sp³-hybridized carbons (Fsp3) is 0.292. The highest BCUT2D eigenvalue weighted by Crippen LogP contribution is 2.31. The molecule has 1 amide bonds. The molecule has 1 aliphatic rings. The van der Waals surface area contributed by atoms with Gasteiger partial charge in [-0.1, -0.05) is 48.9 Å². The minimum absolute atomic E-state index is 0.0832. The second-order valence-electron chi connectivity index (χ2n) is 7.69. The maximum absolute atomic E-state index is 13.2. The van der Waals surface area contributed by atoms with Gasteiger partial charge in [-0.3, -0.25) is 4.79 Å². The zero-order valence-corrected chi connectivity index (χ0v) is 18.3. The topological polar surface area (TPSA) is 75.7 Å². The Bertz CT molecular complexity index is 1200. The summed E-state index contributed by atoms with van der Waals surface area (Å²) in [5.41, 5.74) is 1.35. The largest absolute Gasteiger partial charge is 0.495 e. The van der Waals surface area contributed by atoms with E-state index in [9.17, 15) is 13.2 Å². The van der Waals surface area contributed by atoms with Crippen molar-refractivity contribution in [2.24, 2.45) is 0 Å². The van der Waals surface area contributed by atoms with Gasteiger partial charge in [0.15, 0.2) is 0 Å². The molecule has 7 heteroatoms. The number of fused-ring (bicyclic) bond motifs is 1. The molecule has 1 aliphatic heterocycles. The molecule has 6 nitrogen and oxygen atoms in total. The number of nitrogens with zero attached hydrogens (tertiary/aromatic N) is 1. The van der Waals surface area contributed by atoms with E-state index in [1.54, 1.807) is 12.1 Å². The van der Waals surface area contributed by atoms with Crippen molar-refractivity contribution in [1.29, 1.82) is 0 Å². The zero-order chi connectivity index (χ0) is 21.8. The van der Waals surface area contributed by atoms with Gasteiger partial charge in [0.05, 0.1) is 13.5 Å². The minimum Gasteiger partial charge on any atom is -0.495 e. The molecule has 162 valence electrons. The van der Waals surface area contributed by atoms with Crippen molar-refractivity contribution in [3.8, 4) is 5.75 Å². The van der Waals surface area contributed by atoms with E-state index in [-0.39, 0.29) is 23.0 Å². The lowest BCUT2D eigenvalue weighted by Gasteiger charge is -2.26. The van der Waals surface area contributed by atoms with Crippen LogP contribution in [0.3, 0.4) is 0 Å². The third kappa shape index (κ3) is 4.57. The van der Waals surface area contributed by atoms with Crippen LogP contribution in [0.2, 0.25) is 0 Å². The number of rotatable bonds is 6. The van der Waals surface area contributed by atoms with Gasteiger partial charge in [0.1, 0.15) is 10.6 Å². The first-order valence-electron chi connectivity index (χ1n) is 10.4. The van der Waals surface area contributed by atoms with Gasteiger partial charge >= 0.3 is 0 Å². The number of piperidine rings is 1. The molecule has 0 spiro atoms. The average molecular weight is 439 g/mol. The predicted octanol–water partition coefficient (Wildman–Crippen LogP) is 4.20. The van der Waals surface area contributed by atoms with E-state index in [0.29, 0.717) is 18.8 Å². The molecule has 31 heavy (non-hydrogen) atoms. The summed E-state index contributed by atoms with van der Waals surface area (Å²) in [6.45, 7) is 1.01. The third-order valence-corrected chi connectivity index (χ3v) is 7.53. The Hall–Kier alpha value is -2.90. The molecule has 0 radical (unpaired) electrons. The molecule has 1 fully saturated rings. The van der Waals surface area contributed by atoms with Crippen LogP contribution in [0.4, 0.5) is 5.69 Å². The van der Waals surface area contributed by atoms with Gasteiger partial charge in [-0.05, 0) is 47.4 Å². The number of carbonyl (C=O) groups is 1. The fourth-order valence-electron chi connectivity index (χ4n) is 4.03. The third-order valence-electron chi connectivity index (χ3n) is 5.61. The second-order valence-corrected chi connectivity index (χ2v) is 9.60. The van der Waals surface area contributed by atoms with Crippen molar-refractivity contribution in [3.63, 3.8) is 0 Å². The van der Waals surface area contributed by atoms with Crippen molar-refractivity contribution in [2.75, 3.05) is 25.5 Å². The van der Waals surface area contributed by atoms with Crippen molar-refractivity contribution >= 4 is 32.4 Å². The van der Waals surface area contributed by atoms with E-state index in [2.05, 4.69) is 5.32 Å². The summed E-state index contributed by atoms with van der Waals surface area (Å²) in [5, 5.41) is 4.95. The van der Waals surface area contributed by atoms with Crippen molar-refractivity contribution in [3.05, 3.63) is 66.2 Å². The fourth-order valence-corrected chi connectivity index (χ4v) is 5.72. The van der Waals surface area contributed by atoms with Crippen LogP contribution in [0.15, 0.2) is 65.6 Å². The summed E-state index contributed by atoms with van der Waals surface area (Å²) < 4.78 is 33.2. The maximum atomic E-state index is 13.2. The molecule has 1 N–H and O–H groups in total. The Balaban J connectivity index is 1.57. The van der Waals surface area contributed by atoms with E-state index in [0.717, 1.165) is 35.6 Å². The number of sulfonamides is 1. The van der Waals surface area contributed by atoms with Crippen LogP contribution in [0.25, 0.3) is 10.8 Å². The number of methoxy groups -OCH3 is 1. The lowest BCUT2D eigenvalue weighted by atomic mass is 10.0. The van der Waals surface area contributed by atoms with Gasteiger partial charge in [-0.25, -0.2) is 8.42 Å². The quantitative estimate of drug-likeness (QED) is 0.626. The Labute approximate surface area is 182 Å². The summed E-state index contributed by atoms with van der Waals surface area (Å²) in [6, 6.07) is 18.5. The van der Waals surface area contributed by atoms with Crippen LogP contribution in [0.1, 0.15) is 24.8 Å². The standard InChI is InChI=1S/C24H26N2O4S/c1-30-22-13-12-20(17-23(22)31(28,29)26-14-5-2-6-15-26)25-24(27)16-19-10-7-9-18-8-3-4-11-21(18)19/h3-4,7-13,17H,2,5-6,14-16H2,1H3,(H,25,27). The SMILES string of the molecule is COc1ccc(NC(=O)Cc2cccc3ccccc23)cc1S(=O)(=O)N1CCCCC1. The molecule has 3 aromatic rings. The number of anilines is 1. The van der Waals surface area contributed by atoms with Crippen molar-refractivity contribution in [2.45, 2.75) is 30.6 Å². The van der Waals surface area contributed by atoms with Crippen LogP contribution in [-0.2, 0) is 21.2 Å². The van der Waals surface area contributed by atoms with Gasteiger partial charge in [-0.2, -0.15) is 4.31 Å². The van der Waals surface area contributed by atoms with Crippen LogP contribution >= 0.6 is 0 Å². The number of carbonyl (C=O) groups excluding carboxylic acids is 1. The van der Waals surface area contributed by atoms with Gasteiger partial charge < -0.3 is 10.1 Å². The molecular weight excluding hydrogens is 412 g/mol. The van der Waals surface area contributed by atoms with Gasteiger partial charge in [0.2, 0.25) is 15.9 Å². The van der Waals surface area contributed by atoms with E-state index in [1.165, 1.54) is 17.5 Å². The lowest BCUT2D eigenvalue weighted by molar-refractivity contribution is -0.115. The van der Waals surface area contributed by atoms with Crippen molar-refractivity contribution < 1.29 is 17.9 Å². The Morgan fingerprint density at radius 1 is 1.00 bits per heavy atom. The molecule has 0 atom stereocenters. The average Bonchev–Trinajstić information content (AvgIpc) is 2.80. The summed E-state index contributed by atoms with van der Waals surface area (Å²) >= 11 is 0. The van der Waals surface area contributed by atoms with Crippen LogP contribution < -0.4 is 10.1 Å². The molecule has 3 aromatic carbocycles. The molecule has 4 rings (SSSR count). The monoisotopic (exact) mass is 438 g/mol. The van der Waals surface area contributed by atoms with Crippen LogP contribution in [0, 0.1) is 0 Å². The first kappa shape index (κ1) is 21.3. The minimum atomic E-state index is -3.69. The summed E-state index contributed by atoms with van der Waals surface area (Å²) in [7, 11) is -2.25. The predicted molar refractivity (Wildman–Crippen MR) is 122 cm³/mol. The molecule has 0 unspecified atom stereocenters. The highest BCUT2D eigenvalue weighted by atomic mass is 32.2. The van der Waals surface area contributed by atoms with Gasteiger partial charge in [0.25, 0.3) is 0 Å². The first-order valence-corrected chi connectivity index (χ1v) is 11.9. The summed E-state index contributed by atoms with van der Waals surface area (Å²) in [6.07, 6.45) is 2.93. The Morgan fingerprint density at radius 2 is 1.74 bits per heavy atom. The number of hydrogen-bond acceptors (Lipinski definition) is 4. The highest BCUT2D eigenvalue weighted by Gasteiger charge is 2.29. The molecule has 0 aliphatic carbocycles. The lowest BCUT2D eigenvalue weighted by Crippen LogP contribution is -2.35. The van der Waals surface area contributed by atoms with E-state index in [4.69, 9.17) is 4.74 Å². The van der Waals surface area contributed by atoms with E-state index in [1.807, 2.05) is 42.5 Å². The summed E-state index contributed by atoms with van der Waals surface area (Å²) in [4.78, 5) is 12.8. The highest BCUT2D eigenvalue weighted by molar-refractivity contribution is 7.89. The van der Waals surface area contributed by atoms with Gasteiger partial charge in [-0.15, -0.1) is 0 Å². The van der Waals surface area contributed by atoms with E-state index < -0.39 is 10.0 Å². The molecule has 0 bridgehead atoms. The molecule has 0 saturated carbocycles. The normalized spacial score (nSPS) is 15.0. The van der Waals surface area contributed by atoms with Crippen LogP contribution in [0.5, 0.6) is 5.75 Å². The molecule has 1 heterocycles. The number of benzene rings is 3. The number of amides is 1. The maximum Gasteiger partial charge on any atom is 0.246 e. The number of nitrogens with one attached hydrogen (secondary N) is 1. The van der Waals surface area contributed by atoms with Crippen LogP contribution in [-0.4, -0.2) is 38.8 Å². The number of ether oxygens (including phenoxy) is 1. The zero-order valence-electron chi connectivity index (χ0n) is 17.5.